The summed E-state index contributed by atoms with van der Waals surface area (Å²) in [6, 6.07) is 6.86. The molecule has 152 valence electrons. The number of fused-ring (bicyclic) bond motifs is 1. The summed E-state index contributed by atoms with van der Waals surface area (Å²) >= 11 is 5.95. The first-order valence-corrected chi connectivity index (χ1v) is 9.99. The minimum Gasteiger partial charge on any atom is -0.372 e. The Hall–Kier alpha value is -2.71. The molecule has 2 atom stereocenters. The summed E-state index contributed by atoms with van der Waals surface area (Å²) in [4.78, 5) is 23.4. The molecular weight excluding hydrogens is 392 g/mol. The van der Waals surface area contributed by atoms with Crippen molar-refractivity contribution in [3.63, 3.8) is 0 Å². The molecule has 9 heteroatoms. The number of carbonyl (C=O) groups is 1. The number of rotatable bonds is 5. The van der Waals surface area contributed by atoms with Crippen LogP contribution < -0.4 is 10.2 Å². The molecule has 1 aromatic carbocycles. The summed E-state index contributed by atoms with van der Waals surface area (Å²) in [6.07, 6.45) is 3.63. The van der Waals surface area contributed by atoms with Crippen LogP contribution in [-0.2, 0) is 11.3 Å². The Balaban J connectivity index is 1.46. The minimum absolute atomic E-state index is 0.139. The molecule has 29 heavy (non-hydrogen) atoms. The summed E-state index contributed by atoms with van der Waals surface area (Å²) in [6.45, 7) is 6.60. The first kappa shape index (κ1) is 19.6. The van der Waals surface area contributed by atoms with Gasteiger partial charge in [-0.15, -0.1) is 0 Å². The Kier molecular flexibility index (Phi) is 5.64. The number of anilines is 1. The van der Waals surface area contributed by atoms with E-state index in [9.17, 15) is 4.79 Å². The molecule has 0 aliphatic carbocycles. The quantitative estimate of drug-likeness (QED) is 0.690. The fraction of sp³-hybridized carbons (Fsp3) is 0.400. The van der Waals surface area contributed by atoms with Gasteiger partial charge in [0.05, 0.1) is 30.3 Å². The van der Waals surface area contributed by atoms with E-state index >= 15 is 0 Å². The summed E-state index contributed by atoms with van der Waals surface area (Å²) in [5, 5.41) is 8.78. The zero-order chi connectivity index (χ0) is 20.4. The van der Waals surface area contributed by atoms with Crippen LogP contribution >= 0.6 is 11.6 Å². The second kappa shape index (κ2) is 8.34. The van der Waals surface area contributed by atoms with Crippen LogP contribution in [-0.4, -0.2) is 57.5 Å². The fourth-order valence-electron chi connectivity index (χ4n) is 3.65. The van der Waals surface area contributed by atoms with E-state index in [0.29, 0.717) is 23.7 Å². The molecule has 0 spiro atoms. The van der Waals surface area contributed by atoms with Crippen molar-refractivity contribution < 1.29 is 9.53 Å². The van der Waals surface area contributed by atoms with Gasteiger partial charge in [0.1, 0.15) is 12.1 Å². The van der Waals surface area contributed by atoms with Gasteiger partial charge >= 0.3 is 0 Å². The number of nitrogens with zero attached hydrogens (tertiary/aromatic N) is 5. The molecule has 1 amide bonds. The molecular formula is C20H23ClN6O2. The van der Waals surface area contributed by atoms with E-state index in [1.165, 1.54) is 0 Å². The first-order chi connectivity index (χ1) is 14.0. The van der Waals surface area contributed by atoms with Crippen LogP contribution in [0.15, 0.2) is 36.8 Å². The standard InChI is InChI=1S/C20H23ClN6O2/c1-13-10-26(11-14(2)29-13)18-17-9-25-27(19(17)24-12-23-18)7-6-22-20(28)15-4-3-5-16(21)8-15/h3-5,8-9,12-14H,6-7,10-11H2,1-2H3,(H,22,28)/t13-,14-/m0/s1. The van der Waals surface area contributed by atoms with E-state index in [1.54, 1.807) is 41.5 Å². The Bertz CT molecular complexity index is 1010. The highest BCUT2D eigenvalue weighted by Crippen LogP contribution is 2.25. The van der Waals surface area contributed by atoms with E-state index in [1.807, 2.05) is 0 Å². The lowest BCUT2D eigenvalue weighted by molar-refractivity contribution is -0.00537. The van der Waals surface area contributed by atoms with E-state index in [0.717, 1.165) is 29.9 Å². The van der Waals surface area contributed by atoms with Gasteiger partial charge in [-0.25, -0.2) is 14.6 Å². The van der Waals surface area contributed by atoms with Gasteiger partial charge in [0.25, 0.3) is 5.91 Å². The van der Waals surface area contributed by atoms with Crippen LogP contribution in [0, 0.1) is 0 Å². The minimum atomic E-state index is -0.171. The van der Waals surface area contributed by atoms with E-state index in [2.05, 4.69) is 39.1 Å². The van der Waals surface area contributed by atoms with Crippen molar-refractivity contribution in [3.05, 3.63) is 47.4 Å². The monoisotopic (exact) mass is 414 g/mol. The lowest BCUT2D eigenvalue weighted by Crippen LogP contribution is -2.45. The zero-order valence-corrected chi connectivity index (χ0v) is 17.1. The van der Waals surface area contributed by atoms with E-state index in [4.69, 9.17) is 16.3 Å². The molecule has 1 aliphatic heterocycles. The van der Waals surface area contributed by atoms with Crippen molar-refractivity contribution >= 4 is 34.4 Å². The number of morpholine rings is 1. The molecule has 3 heterocycles. The van der Waals surface area contributed by atoms with Gasteiger partial charge in [-0.05, 0) is 32.0 Å². The third kappa shape index (κ3) is 4.33. The summed E-state index contributed by atoms with van der Waals surface area (Å²) in [5.74, 6) is 0.696. The largest absolute Gasteiger partial charge is 0.372 e. The Labute approximate surface area is 173 Å². The third-order valence-corrected chi connectivity index (χ3v) is 5.06. The molecule has 0 saturated carbocycles. The van der Waals surface area contributed by atoms with Crippen LogP contribution in [0.25, 0.3) is 11.0 Å². The first-order valence-electron chi connectivity index (χ1n) is 9.62. The normalized spacial score (nSPS) is 19.5. The van der Waals surface area contributed by atoms with Gasteiger partial charge in [-0.3, -0.25) is 4.79 Å². The van der Waals surface area contributed by atoms with Crippen LogP contribution in [0.3, 0.4) is 0 Å². The van der Waals surface area contributed by atoms with Crippen LogP contribution in [0.1, 0.15) is 24.2 Å². The SMILES string of the molecule is C[C@H]1CN(c2ncnc3c2cnn3CCNC(=O)c2cccc(Cl)c2)C[C@H](C)O1. The number of hydrogen-bond acceptors (Lipinski definition) is 6. The molecule has 0 unspecified atom stereocenters. The van der Waals surface area contributed by atoms with Gasteiger partial charge in [0.15, 0.2) is 5.65 Å². The van der Waals surface area contributed by atoms with Gasteiger partial charge in [0, 0.05) is 30.2 Å². The summed E-state index contributed by atoms with van der Waals surface area (Å²) in [7, 11) is 0. The summed E-state index contributed by atoms with van der Waals surface area (Å²) < 4.78 is 7.60. The number of halogens is 1. The van der Waals surface area contributed by atoms with E-state index in [-0.39, 0.29) is 18.1 Å². The van der Waals surface area contributed by atoms with Gasteiger partial charge in [-0.1, -0.05) is 17.7 Å². The second-order valence-corrected chi connectivity index (χ2v) is 7.67. The Morgan fingerprint density at radius 2 is 2.07 bits per heavy atom. The number of amides is 1. The Morgan fingerprint density at radius 1 is 1.28 bits per heavy atom. The van der Waals surface area contributed by atoms with Crippen LogP contribution in [0.2, 0.25) is 5.02 Å². The van der Waals surface area contributed by atoms with E-state index < -0.39 is 0 Å². The van der Waals surface area contributed by atoms with Crippen molar-refractivity contribution in [1.82, 2.24) is 25.1 Å². The third-order valence-electron chi connectivity index (χ3n) is 4.83. The predicted octanol–water partition coefficient (Wildman–Crippen LogP) is 2.52. The maximum absolute atomic E-state index is 12.3. The average Bonchev–Trinajstić information content (AvgIpc) is 3.10. The highest BCUT2D eigenvalue weighted by atomic mass is 35.5. The number of benzene rings is 1. The molecule has 1 fully saturated rings. The molecule has 1 saturated heterocycles. The van der Waals surface area contributed by atoms with Crippen molar-refractivity contribution in [2.75, 3.05) is 24.5 Å². The maximum atomic E-state index is 12.3. The highest BCUT2D eigenvalue weighted by molar-refractivity contribution is 6.30. The van der Waals surface area contributed by atoms with Crippen molar-refractivity contribution in [2.45, 2.75) is 32.6 Å². The lowest BCUT2D eigenvalue weighted by atomic mass is 10.2. The topological polar surface area (TPSA) is 85.2 Å². The average molecular weight is 415 g/mol. The molecule has 4 rings (SSSR count). The number of hydrogen-bond donors (Lipinski definition) is 1. The smallest absolute Gasteiger partial charge is 0.251 e. The molecule has 1 N–H and O–H groups in total. The second-order valence-electron chi connectivity index (χ2n) is 7.23. The predicted molar refractivity (Wildman–Crippen MR) is 111 cm³/mol. The highest BCUT2D eigenvalue weighted by Gasteiger charge is 2.25. The van der Waals surface area contributed by atoms with Crippen LogP contribution in [0.4, 0.5) is 5.82 Å². The zero-order valence-electron chi connectivity index (χ0n) is 16.4. The summed E-state index contributed by atoms with van der Waals surface area (Å²) in [5.41, 5.74) is 1.28. The molecule has 3 aromatic rings. The van der Waals surface area contributed by atoms with Crippen molar-refractivity contribution in [3.8, 4) is 0 Å². The molecule has 1 aliphatic rings. The molecule has 0 bridgehead atoms. The maximum Gasteiger partial charge on any atom is 0.251 e. The van der Waals surface area contributed by atoms with Gasteiger partial charge < -0.3 is 15.0 Å². The van der Waals surface area contributed by atoms with Gasteiger partial charge in [0.2, 0.25) is 0 Å². The molecule has 0 radical (unpaired) electrons. The molecule has 2 aromatic heterocycles. The number of carbonyl (C=O) groups excluding carboxylic acids is 1. The Morgan fingerprint density at radius 3 is 2.83 bits per heavy atom. The number of aromatic nitrogens is 4. The van der Waals surface area contributed by atoms with Crippen molar-refractivity contribution in [2.24, 2.45) is 0 Å². The lowest BCUT2D eigenvalue weighted by Gasteiger charge is -2.36. The molecule has 8 nitrogen and oxygen atoms in total. The number of nitrogens with one attached hydrogen (secondary N) is 1. The van der Waals surface area contributed by atoms with Gasteiger partial charge in [-0.2, -0.15) is 5.10 Å². The fourth-order valence-corrected chi connectivity index (χ4v) is 3.84. The van der Waals surface area contributed by atoms with Crippen molar-refractivity contribution in [1.29, 1.82) is 0 Å². The number of ether oxygens (including phenoxy) is 1. The van der Waals surface area contributed by atoms with Crippen LogP contribution in [0.5, 0.6) is 0 Å².